The molecule has 2 aromatic carbocycles. The van der Waals surface area contributed by atoms with Crippen LogP contribution >= 0.6 is 0 Å². The first-order chi connectivity index (χ1) is 9.63. The zero-order valence-electron chi connectivity index (χ0n) is 10.8. The molecule has 20 heavy (non-hydrogen) atoms. The molecule has 0 unspecified atom stereocenters. The number of nitrogens with zero attached hydrogens (tertiary/aromatic N) is 1. The Labute approximate surface area is 115 Å². The molecular formula is C15H12F2N2O. The molecule has 0 aromatic heterocycles. The summed E-state index contributed by atoms with van der Waals surface area (Å²) in [5.74, 6) is -0.801. The van der Waals surface area contributed by atoms with Gasteiger partial charge < -0.3 is 10.1 Å². The van der Waals surface area contributed by atoms with E-state index in [0.29, 0.717) is 17.9 Å². The van der Waals surface area contributed by atoms with Gasteiger partial charge in [-0.25, -0.2) is 8.78 Å². The largest absolute Gasteiger partial charge is 0.495 e. The fourth-order valence-corrected chi connectivity index (χ4v) is 1.77. The summed E-state index contributed by atoms with van der Waals surface area (Å²) in [4.78, 5) is 0. The Balaban J connectivity index is 2.13. The molecule has 0 aliphatic carbocycles. The van der Waals surface area contributed by atoms with E-state index in [2.05, 4.69) is 5.32 Å². The van der Waals surface area contributed by atoms with Crippen LogP contribution in [0.25, 0.3) is 0 Å². The summed E-state index contributed by atoms with van der Waals surface area (Å²) < 4.78 is 31.3. The molecule has 2 rings (SSSR count). The number of halogens is 2. The Kier molecular flexibility index (Phi) is 4.16. The van der Waals surface area contributed by atoms with Gasteiger partial charge in [-0.05, 0) is 29.8 Å². The lowest BCUT2D eigenvalue weighted by Crippen LogP contribution is -2.02. The van der Waals surface area contributed by atoms with Gasteiger partial charge in [-0.3, -0.25) is 0 Å². The van der Waals surface area contributed by atoms with E-state index in [1.807, 2.05) is 6.07 Å². The fourth-order valence-electron chi connectivity index (χ4n) is 1.77. The van der Waals surface area contributed by atoms with Crippen molar-refractivity contribution in [1.29, 1.82) is 5.26 Å². The maximum Gasteiger partial charge on any atom is 0.149 e. The number of methoxy groups -OCH3 is 1. The third kappa shape index (κ3) is 3.04. The second kappa shape index (κ2) is 6.02. The zero-order chi connectivity index (χ0) is 14.5. The number of rotatable bonds is 4. The summed E-state index contributed by atoms with van der Waals surface area (Å²) in [6.07, 6.45) is 0. The highest BCUT2D eigenvalue weighted by Gasteiger charge is 2.06. The van der Waals surface area contributed by atoms with Gasteiger partial charge >= 0.3 is 0 Å². The Hall–Kier alpha value is -2.61. The summed E-state index contributed by atoms with van der Waals surface area (Å²) in [6, 6.07) is 10.4. The molecule has 0 saturated heterocycles. The van der Waals surface area contributed by atoms with Crippen molar-refractivity contribution in [3.63, 3.8) is 0 Å². The first-order valence-corrected chi connectivity index (χ1v) is 5.90. The van der Waals surface area contributed by atoms with Crippen molar-refractivity contribution in [2.75, 3.05) is 12.4 Å². The molecule has 0 radical (unpaired) electrons. The quantitative estimate of drug-likeness (QED) is 0.928. The monoisotopic (exact) mass is 274 g/mol. The predicted octanol–water partition coefficient (Wildman–Crippen LogP) is 3.46. The van der Waals surface area contributed by atoms with Crippen molar-refractivity contribution < 1.29 is 13.5 Å². The summed E-state index contributed by atoms with van der Waals surface area (Å²) in [6.45, 7) is 0.338. The van der Waals surface area contributed by atoms with Gasteiger partial charge in [0.05, 0.1) is 18.4 Å². The van der Waals surface area contributed by atoms with Crippen LogP contribution < -0.4 is 10.1 Å². The maximum absolute atomic E-state index is 13.4. The molecule has 102 valence electrons. The van der Waals surface area contributed by atoms with Gasteiger partial charge in [0.25, 0.3) is 0 Å². The average molecular weight is 274 g/mol. The fraction of sp³-hybridized carbons (Fsp3) is 0.133. The maximum atomic E-state index is 13.4. The molecule has 3 nitrogen and oxygen atoms in total. The van der Waals surface area contributed by atoms with Gasteiger partial charge in [0.2, 0.25) is 0 Å². The SMILES string of the molecule is COc1cc(CNc2ccc(F)cc2F)ccc1C#N. The summed E-state index contributed by atoms with van der Waals surface area (Å²) >= 11 is 0. The smallest absolute Gasteiger partial charge is 0.149 e. The van der Waals surface area contributed by atoms with Gasteiger partial charge in [-0.2, -0.15) is 5.26 Å². The van der Waals surface area contributed by atoms with Crippen LogP contribution in [0.5, 0.6) is 5.75 Å². The number of benzene rings is 2. The van der Waals surface area contributed by atoms with E-state index in [4.69, 9.17) is 10.00 Å². The van der Waals surface area contributed by atoms with E-state index in [1.165, 1.54) is 19.2 Å². The Morgan fingerprint density at radius 2 is 2.00 bits per heavy atom. The highest BCUT2D eigenvalue weighted by atomic mass is 19.1. The molecule has 0 aliphatic rings. The standard InChI is InChI=1S/C15H12F2N2O/c1-20-15-6-10(2-3-11(15)8-18)9-19-14-5-4-12(16)7-13(14)17/h2-7,19H,9H2,1H3. The number of ether oxygens (including phenoxy) is 1. The second-order valence-corrected chi connectivity index (χ2v) is 4.12. The average Bonchev–Trinajstić information content (AvgIpc) is 2.46. The molecule has 5 heteroatoms. The van der Waals surface area contributed by atoms with Crippen LogP contribution in [0.2, 0.25) is 0 Å². The third-order valence-corrected chi connectivity index (χ3v) is 2.80. The van der Waals surface area contributed by atoms with Crippen molar-refractivity contribution in [1.82, 2.24) is 0 Å². The molecule has 0 saturated carbocycles. The molecule has 2 aromatic rings. The normalized spacial score (nSPS) is 9.90. The highest BCUT2D eigenvalue weighted by Crippen LogP contribution is 2.21. The van der Waals surface area contributed by atoms with Gasteiger partial charge in [0.1, 0.15) is 23.5 Å². The minimum atomic E-state index is -0.648. The summed E-state index contributed by atoms with van der Waals surface area (Å²) in [7, 11) is 1.48. The van der Waals surface area contributed by atoms with Crippen LogP contribution in [-0.2, 0) is 6.54 Å². The summed E-state index contributed by atoms with van der Waals surface area (Å²) in [5.41, 5.74) is 1.48. The van der Waals surface area contributed by atoms with E-state index in [-0.39, 0.29) is 5.69 Å². The number of nitriles is 1. The number of hydrogen-bond acceptors (Lipinski definition) is 3. The van der Waals surface area contributed by atoms with Crippen LogP contribution in [0.4, 0.5) is 14.5 Å². The Bertz CT molecular complexity index is 665. The van der Waals surface area contributed by atoms with Crippen LogP contribution in [-0.4, -0.2) is 7.11 Å². The van der Waals surface area contributed by atoms with E-state index in [1.54, 1.807) is 18.2 Å². The topological polar surface area (TPSA) is 45.0 Å². The molecule has 0 spiro atoms. The van der Waals surface area contributed by atoms with Gasteiger partial charge in [0, 0.05) is 12.6 Å². The number of anilines is 1. The Morgan fingerprint density at radius 3 is 2.65 bits per heavy atom. The lowest BCUT2D eigenvalue weighted by atomic mass is 10.1. The van der Waals surface area contributed by atoms with E-state index < -0.39 is 11.6 Å². The first-order valence-electron chi connectivity index (χ1n) is 5.90. The molecule has 0 bridgehead atoms. The lowest BCUT2D eigenvalue weighted by molar-refractivity contribution is 0.413. The van der Waals surface area contributed by atoms with Crippen molar-refractivity contribution in [2.24, 2.45) is 0 Å². The van der Waals surface area contributed by atoms with Crippen LogP contribution in [0.1, 0.15) is 11.1 Å². The predicted molar refractivity (Wildman–Crippen MR) is 71.4 cm³/mol. The molecule has 0 amide bonds. The van der Waals surface area contributed by atoms with Gasteiger partial charge in [-0.15, -0.1) is 0 Å². The van der Waals surface area contributed by atoms with E-state index in [9.17, 15) is 8.78 Å². The van der Waals surface area contributed by atoms with Crippen molar-refractivity contribution in [2.45, 2.75) is 6.54 Å². The van der Waals surface area contributed by atoms with Crippen molar-refractivity contribution in [3.05, 3.63) is 59.2 Å². The highest BCUT2D eigenvalue weighted by molar-refractivity contribution is 5.48. The molecule has 0 fully saturated rings. The van der Waals surface area contributed by atoms with E-state index in [0.717, 1.165) is 11.6 Å². The zero-order valence-corrected chi connectivity index (χ0v) is 10.8. The molecule has 0 aliphatic heterocycles. The Morgan fingerprint density at radius 1 is 1.20 bits per heavy atom. The van der Waals surface area contributed by atoms with Crippen molar-refractivity contribution >= 4 is 5.69 Å². The molecule has 0 atom stereocenters. The molecular weight excluding hydrogens is 262 g/mol. The number of nitrogens with one attached hydrogen (secondary N) is 1. The lowest BCUT2D eigenvalue weighted by Gasteiger charge is -2.09. The molecule has 1 N–H and O–H groups in total. The molecule has 0 heterocycles. The minimum Gasteiger partial charge on any atom is -0.495 e. The van der Waals surface area contributed by atoms with Crippen LogP contribution in [0.15, 0.2) is 36.4 Å². The van der Waals surface area contributed by atoms with E-state index >= 15 is 0 Å². The third-order valence-electron chi connectivity index (χ3n) is 2.80. The number of hydrogen-bond donors (Lipinski definition) is 1. The first kappa shape index (κ1) is 13.8. The summed E-state index contributed by atoms with van der Waals surface area (Å²) in [5, 5.41) is 11.7. The van der Waals surface area contributed by atoms with Crippen molar-refractivity contribution in [3.8, 4) is 11.8 Å². The minimum absolute atomic E-state index is 0.217. The van der Waals surface area contributed by atoms with Gasteiger partial charge in [-0.1, -0.05) is 6.07 Å². The van der Waals surface area contributed by atoms with Crippen LogP contribution in [0, 0.1) is 23.0 Å². The second-order valence-electron chi connectivity index (χ2n) is 4.12. The van der Waals surface area contributed by atoms with Crippen LogP contribution in [0.3, 0.4) is 0 Å². The van der Waals surface area contributed by atoms with Gasteiger partial charge in [0.15, 0.2) is 0 Å².